The fourth-order valence-electron chi connectivity index (χ4n) is 1.65. The van der Waals surface area contributed by atoms with Gasteiger partial charge in [0, 0.05) is 13.2 Å². The second-order valence-electron chi connectivity index (χ2n) is 3.82. The van der Waals surface area contributed by atoms with Gasteiger partial charge in [-0.3, -0.25) is 4.68 Å². The zero-order valence-electron chi connectivity index (χ0n) is 9.66. The Morgan fingerprint density at radius 3 is 3.06 bits per heavy atom. The van der Waals surface area contributed by atoms with Crippen molar-refractivity contribution in [1.29, 1.82) is 0 Å². The first kappa shape index (κ1) is 10.5. The van der Waals surface area contributed by atoms with Crippen molar-refractivity contribution in [2.24, 2.45) is 7.05 Å². The highest BCUT2D eigenvalue weighted by Gasteiger charge is 2.03. The van der Waals surface area contributed by atoms with Gasteiger partial charge < -0.3 is 5.32 Å². The molecule has 0 atom stereocenters. The molecule has 8 heteroatoms. The minimum Gasteiger partial charge on any atom is -0.363 e. The summed E-state index contributed by atoms with van der Waals surface area (Å²) in [6.45, 7) is 0.585. The van der Waals surface area contributed by atoms with E-state index in [1.165, 1.54) is 4.52 Å². The van der Waals surface area contributed by atoms with Crippen molar-refractivity contribution < 1.29 is 0 Å². The number of fused-ring (bicyclic) bond motifs is 1. The number of nitrogens with one attached hydrogen (secondary N) is 2. The van der Waals surface area contributed by atoms with E-state index in [2.05, 4.69) is 25.7 Å². The lowest BCUT2D eigenvalue weighted by atomic mass is 10.4. The maximum absolute atomic E-state index is 11.4. The van der Waals surface area contributed by atoms with Crippen LogP contribution in [0, 0.1) is 0 Å². The van der Waals surface area contributed by atoms with Crippen LogP contribution in [0.1, 0.15) is 5.69 Å². The molecule has 3 heterocycles. The molecule has 92 valence electrons. The van der Waals surface area contributed by atoms with Crippen molar-refractivity contribution >= 4 is 11.5 Å². The molecule has 0 saturated carbocycles. The Balaban J connectivity index is 1.84. The molecule has 3 rings (SSSR count). The predicted octanol–water partition coefficient (Wildman–Crippen LogP) is -0.237. The van der Waals surface area contributed by atoms with Crippen molar-refractivity contribution in [1.82, 2.24) is 29.6 Å². The minimum atomic E-state index is -0.353. The van der Waals surface area contributed by atoms with Crippen LogP contribution in [0.4, 0.5) is 5.82 Å². The summed E-state index contributed by atoms with van der Waals surface area (Å²) in [4.78, 5) is 11.4. The molecule has 0 unspecified atom stereocenters. The largest absolute Gasteiger partial charge is 0.364 e. The Hall–Kier alpha value is -2.64. The number of aromatic nitrogens is 6. The van der Waals surface area contributed by atoms with Crippen LogP contribution in [-0.4, -0.2) is 29.6 Å². The number of anilines is 1. The molecule has 0 radical (unpaired) electrons. The third-order valence-electron chi connectivity index (χ3n) is 2.65. The van der Waals surface area contributed by atoms with E-state index in [4.69, 9.17) is 0 Å². The fourth-order valence-corrected chi connectivity index (χ4v) is 1.65. The van der Waals surface area contributed by atoms with Crippen LogP contribution in [0.5, 0.6) is 0 Å². The molecule has 0 aliphatic heterocycles. The summed E-state index contributed by atoms with van der Waals surface area (Å²) < 4.78 is 2.99. The number of hydrogen-bond acceptors (Lipinski definition) is 5. The summed E-state index contributed by atoms with van der Waals surface area (Å²) in [6, 6.07) is 5.40. The highest BCUT2D eigenvalue weighted by Crippen LogP contribution is 2.05. The first-order chi connectivity index (χ1) is 8.74. The van der Waals surface area contributed by atoms with Gasteiger partial charge in [-0.25, -0.2) is 9.89 Å². The number of nitrogens with zero attached hydrogens (tertiary/aromatic N) is 5. The minimum absolute atomic E-state index is 0.353. The van der Waals surface area contributed by atoms with E-state index in [1.807, 2.05) is 13.1 Å². The number of aryl methyl sites for hydroxylation is 1. The molecule has 0 aromatic carbocycles. The van der Waals surface area contributed by atoms with Gasteiger partial charge in [0.05, 0.1) is 12.2 Å². The zero-order chi connectivity index (χ0) is 12.5. The van der Waals surface area contributed by atoms with E-state index in [0.29, 0.717) is 18.0 Å². The van der Waals surface area contributed by atoms with Crippen molar-refractivity contribution in [3.05, 3.63) is 40.6 Å². The van der Waals surface area contributed by atoms with Gasteiger partial charge in [0.25, 0.3) is 0 Å². The van der Waals surface area contributed by atoms with E-state index >= 15 is 0 Å². The Bertz CT molecular complexity index is 738. The second kappa shape index (κ2) is 3.99. The molecule has 2 N–H and O–H groups in total. The van der Waals surface area contributed by atoms with E-state index in [-0.39, 0.29) is 5.69 Å². The van der Waals surface area contributed by atoms with Crippen molar-refractivity contribution in [2.75, 3.05) is 5.32 Å². The van der Waals surface area contributed by atoms with E-state index in [9.17, 15) is 4.79 Å². The molecule has 0 bridgehead atoms. The molecule has 0 saturated heterocycles. The van der Waals surface area contributed by atoms with E-state index < -0.39 is 0 Å². The van der Waals surface area contributed by atoms with E-state index in [1.54, 1.807) is 23.0 Å². The Morgan fingerprint density at radius 2 is 2.28 bits per heavy atom. The normalized spacial score (nSPS) is 10.9. The van der Waals surface area contributed by atoms with Gasteiger partial charge in [-0.2, -0.15) is 14.7 Å². The average Bonchev–Trinajstić information content (AvgIpc) is 2.94. The third kappa shape index (κ3) is 1.73. The first-order valence-corrected chi connectivity index (χ1v) is 5.39. The molecular weight excluding hydrogens is 234 g/mol. The smallest absolute Gasteiger partial charge is 0.363 e. The summed E-state index contributed by atoms with van der Waals surface area (Å²) in [5.41, 5.74) is 1.16. The fraction of sp³-hybridized carbons (Fsp3) is 0.200. The summed E-state index contributed by atoms with van der Waals surface area (Å²) in [6.07, 6.45) is 1.73. The zero-order valence-corrected chi connectivity index (χ0v) is 9.66. The van der Waals surface area contributed by atoms with Crippen LogP contribution >= 0.6 is 0 Å². The quantitative estimate of drug-likeness (QED) is 0.664. The van der Waals surface area contributed by atoms with Crippen LogP contribution in [0.3, 0.4) is 0 Å². The maximum Gasteiger partial charge on any atom is 0.364 e. The van der Waals surface area contributed by atoms with Crippen LogP contribution in [-0.2, 0) is 13.6 Å². The molecule has 8 nitrogen and oxygen atoms in total. The second-order valence-corrected chi connectivity index (χ2v) is 3.82. The summed E-state index contributed by atoms with van der Waals surface area (Å²) in [7, 11) is 1.87. The molecule has 0 spiro atoms. The Morgan fingerprint density at radius 1 is 1.39 bits per heavy atom. The van der Waals surface area contributed by atoms with Gasteiger partial charge in [0.2, 0.25) is 0 Å². The van der Waals surface area contributed by atoms with Gasteiger partial charge in [-0.1, -0.05) is 0 Å². The summed E-state index contributed by atoms with van der Waals surface area (Å²) in [5.74, 6) is 0.604. The SMILES string of the molecule is Cn1nccc1CNc1ccc2n[nH]c(=O)n2n1. The van der Waals surface area contributed by atoms with Crippen molar-refractivity contribution in [3.63, 3.8) is 0 Å². The lowest BCUT2D eigenvalue weighted by Crippen LogP contribution is -2.14. The van der Waals surface area contributed by atoms with Crippen molar-refractivity contribution in [2.45, 2.75) is 6.54 Å². The molecule has 3 aromatic heterocycles. The van der Waals surface area contributed by atoms with Crippen LogP contribution < -0.4 is 11.0 Å². The van der Waals surface area contributed by atoms with Crippen molar-refractivity contribution in [3.8, 4) is 0 Å². The third-order valence-corrected chi connectivity index (χ3v) is 2.65. The predicted molar refractivity (Wildman–Crippen MR) is 64.1 cm³/mol. The summed E-state index contributed by atoms with van der Waals surface area (Å²) >= 11 is 0. The van der Waals surface area contributed by atoms with Crippen LogP contribution in [0.25, 0.3) is 5.65 Å². The Labute approximate surface area is 101 Å². The number of aromatic amines is 1. The van der Waals surface area contributed by atoms with Gasteiger partial charge in [0.15, 0.2) is 5.65 Å². The van der Waals surface area contributed by atoms with E-state index in [0.717, 1.165) is 5.69 Å². The first-order valence-electron chi connectivity index (χ1n) is 5.39. The summed E-state index contributed by atoms with van der Waals surface area (Å²) in [5, 5.41) is 17.5. The molecule has 0 fully saturated rings. The number of rotatable bonds is 3. The molecule has 0 aliphatic rings. The van der Waals surface area contributed by atoms with Crippen LogP contribution in [0.15, 0.2) is 29.2 Å². The molecule has 0 aliphatic carbocycles. The van der Waals surface area contributed by atoms with Gasteiger partial charge in [-0.15, -0.1) is 5.10 Å². The van der Waals surface area contributed by atoms with Gasteiger partial charge in [0.1, 0.15) is 5.82 Å². The molecular formula is C10H11N7O. The lowest BCUT2D eigenvalue weighted by molar-refractivity contribution is 0.718. The monoisotopic (exact) mass is 245 g/mol. The Kier molecular flexibility index (Phi) is 2.33. The topological polar surface area (TPSA) is 92.9 Å². The van der Waals surface area contributed by atoms with Gasteiger partial charge >= 0.3 is 5.69 Å². The van der Waals surface area contributed by atoms with Crippen LogP contribution in [0.2, 0.25) is 0 Å². The average molecular weight is 245 g/mol. The van der Waals surface area contributed by atoms with Gasteiger partial charge in [-0.05, 0) is 18.2 Å². The highest BCUT2D eigenvalue weighted by molar-refractivity contribution is 5.43. The molecule has 3 aromatic rings. The maximum atomic E-state index is 11.4. The highest BCUT2D eigenvalue weighted by atomic mass is 16.2. The number of hydrogen-bond donors (Lipinski definition) is 2. The molecule has 18 heavy (non-hydrogen) atoms. The molecule has 0 amide bonds. The standard InChI is InChI=1S/C10H11N7O/c1-16-7(4-5-12-16)6-11-8-2-3-9-13-14-10(18)17(9)15-8/h2-5H,6H2,1H3,(H,11,15)(H,14,18). The number of H-pyrrole nitrogens is 1. The lowest BCUT2D eigenvalue weighted by Gasteiger charge is -2.05.